The zero-order valence-corrected chi connectivity index (χ0v) is 13.4. The molecule has 0 saturated heterocycles. The number of nitrogens with zero attached hydrogens (tertiary/aromatic N) is 1. The van der Waals surface area contributed by atoms with Crippen molar-refractivity contribution >= 4 is 44.8 Å². The smallest absolute Gasteiger partial charge is 0.272 e. The van der Waals surface area contributed by atoms with E-state index in [2.05, 4.69) is 15.9 Å². The molecule has 0 N–H and O–H groups in total. The third-order valence-corrected chi connectivity index (χ3v) is 3.76. The van der Waals surface area contributed by atoms with Gasteiger partial charge in [-0.05, 0) is 6.07 Å². The molecule has 110 valence electrons. The maximum atomic E-state index is 13.9. The van der Waals surface area contributed by atoms with Crippen molar-refractivity contribution in [3.05, 3.63) is 61.9 Å². The first kappa shape index (κ1) is 16.0. The van der Waals surface area contributed by atoms with Crippen LogP contribution in [-0.4, -0.2) is 4.92 Å². The lowest BCUT2D eigenvalue weighted by Gasteiger charge is -2.13. The van der Waals surface area contributed by atoms with Gasteiger partial charge < -0.3 is 4.74 Å². The monoisotopic (exact) mass is 393 g/mol. The van der Waals surface area contributed by atoms with Gasteiger partial charge >= 0.3 is 0 Å². The summed E-state index contributed by atoms with van der Waals surface area (Å²) in [7, 11) is 0. The highest BCUT2D eigenvalue weighted by Crippen LogP contribution is 2.41. The van der Waals surface area contributed by atoms with E-state index in [1.54, 1.807) is 6.07 Å². The number of benzene rings is 2. The SMILES string of the molecule is O=[N+]([O-])c1cc(Cl)c(Oc2c(F)cccc2CBr)c(Cl)c1. The molecule has 0 aliphatic rings. The Morgan fingerprint density at radius 1 is 1.24 bits per heavy atom. The van der Waals surface area contributed by atoms with Gasteiger partial charge in [-0.1, -0.05) is 51.3 Å². The van der Waals surface area contributed by atoms with Crippen LogP contribution in [0, 0.1) is 15.9 Å². The van der Waals surface area contributed by atoms with E-state index in [-0.39, 0.29) is 27.2 Å². The number of para-hydroxylation sites is 1. The zero-order chi connectivity index (χ0) is 15.6. The molecule has 2 aromatic rings. The molecule has 0 saturated carbocycles. The predicted molar refractivity (Wildman–Crippen MR) is 82.2 cm³/mol. The van der Waals surface area contributed by atoms with E-state index in [0.29, 0.717) is 10.9 Å². The van der Waals surface area contributed by atoms with Gasteiger partial charge in [0.25, 0.3) is 5.69 Å². The second-order valence-corrected chi connectivity index (χ2v) is 5.33. The van der Waals surface area contributed by atoms with Crippen LogP contribution in [0.3, 0.4) is 0 Å². The Labute approximate surface area is 137 Å². The van der Waals surface area contributed by atoms with E-state index in [9.17, 15) is 14.5 Å². The minimum absolute atomic E-state index is 0.0313. The Morgan fingerprint density at radius 2 is 1.86 bits per heavy atom. The first-order valence-electron chi connectivity index (χ1n) is 5.58. The number of hydrogen-bond donors (Lipinski definition) is 0. The molecular formula is C13H7BrCl2FNO3. The summed E-state index contributed by atoms with van der Waals surface area (Å²) < 4.78 is 19.3. The van der Waals surface area contributed by atoms with Crippen molar-refractivity contribution in [1.82, 2.24) is 0 Å². The summed E-state index contributed by atoms with van der Waals surface area (Å²) in [6.07, 6.45) is 0. The average Bonchev–Trinajstić information content (AvgIpc) is 2.43. The highest BCUT2D eigenvalue weighted by Gasteiger charge is 2.19. The quantitative estimate of drug-likeness (QED) is 0.378. The Kier molecular flexibility index (Phi) is 5.03. The van der Waals surface area contributed by atoms with E-state index in [0.717, 1.165) is 12.1 Å². The van der Waals surface area contributed by atoms with Crippen molar-refractivity contribution in [2.24, 2.45) is 0 Å². The molecule has 4 nitrogen and oxygen atoms in total. The van der Waals surface area contributed by atoms with Gasteiger partial charge in [0.15, 0.2) is 17.3 Å². The number of ether oxygens (including phenoxy) is 1. The van der Waals surface area contributed by atoms with E-state index in [1.807, 2.05) is 0 Å². The van der Waals surface area contributed by atoms with Gasteiger partial charge in [0.1, 0.15) is 0 Å². The molecule has 0 radical (unpaired) electrons. The molecule has 0 heterocycles. The van der Waals surface area contributed by atoms with Crippen molar-refractivity contribution in [2.75, 3.05) is 0 Å². The van der Waals surface area contributed by atoms with Crippen LogP contribution < -0.4 is 4.74 Å². The normalized spacial score (nSPS) is 10.5. The van der Waals surface area contributed by atoms with Gasteiger partial charge in [-0.3, -0.25) is 10.1 Å². The van der Waals surface area contributed by atoms with Crippen molar-refractivity contribution in [3.8, 4) is 11.5 Å². The summed E-state index contributed by atoms with van der Waals surface area (Å²) in [6, 6.07) is 6.63. The fraction of sp³-hybridized carbons (Fsp3) is 0.0769. The van der Waals surface area contributed by atoms with Crippen LogP contribution in [0.15, 0.2) is 30.3 Å². The fourth-order valence-electron chi connectivity index (χ4n) is 1.62. The number of halogens is 4. The molecule has 0 fully saturated rings. The number of nitro groups is 1. The lowest BCUT2D eigenvalue weighted by Crippen LogP contribution is -1.96. The molecule has 21 heavy (non-hydrogen) atoms. The molecule has 0 aliphatic carbocycles. The topological polar surface area (TPSA) is 52.4 Å². The van der Waals surface area contributed by atoms with Crippen LogP contribution in [0.4, 0.5) is 10.1 Å². The molecule has 0 amide bonds. The Morgan fingerprint density at radius 3 is 2.38 bits per heavy atom. The summed E-state index contributed by atoms with van der Waals surface area (Å²) in [5.74, 6) is -0.652. The number of alkyl halides is 1. The predicted octanol–water partition coefficient (Wildman–Crippen LogP) is 5.73. The maximum absolute atomic E-state index is 13.9. The van der Waals surface area contributed by atoms with Crippen LogP contribution in [0.2, 0.25) is 10.0 Å². The molecule has 0 aromatic heterocycles. The Bertz CT molecular complexity index is 689. The minimum Gasteiger partial charge on any atom is -0.451 e. The van der Waals surface area contributed by atoms with Crippen LogP contribution in [-0.2, 0) is 5.33 Å². The number of non-ortho nitro benzene ring substituents is 1. The molecule has 0 unspecified atom stereocenters. The molecule has 0 atom stereocenters. The highest BCUT2D eigenvalue weighted by atomic mass is 79.9. The lowest BCUT2D eigenvalue weighted by atomic mass is 10.2. The molecular weight excluding hydrogens is 388 g/mol. The molecule has 0 aliphatic heterocycles. The zero-order valence-electron chi connectivity index (χ0n) is 10.3. The van der Waals surface area contributed by atoms with Crippen LogP contribution in [0.1, 0.15) is 5.56 Å². The third kappa shape index (κ3) is 3.45. The molecule has 8 heteroatoms. The molecule has 2 rings (SSSR count). The second kappa shape index (κ2) is 6.60. The minimum atomic E-state index is -0.630. The summed E-state index contributed by atoms with van der Waals surface area (Å²) in [5.41, 5.74) is 0.284. The van der Waals surface area contributed by atoms with E-state index in [4.69, 9.17) is 27.9 Å². The first-order valence-corrected chi connectivity index (χ1v) is 7.46. The van der Waals surface area contributed by atoms with Gasteiger partial charge in [0.05, 0.1) is 15.0 Å². The maximum Gasteiger partial charge on any atom is 0.272 e. The second-order valence-electron chi connectivity index (χ2n) is 3.96. The van der Waals surface area contributed by atoms with Crippen LogP contribution >= 0.6 is 39.1 Å². The summed E-state index contributed by atoms with van der Waals surface area (Å²) in [5, 5.41) is 10.9. The van der Waals surface area contributed by atoms with E-state index < -0.39 is 10.7 Å². The standard InChI is InChI=1S/C13H7BrCl2FNO3/c14-6-7-2-1-3-11(17)12(7)21-13-9(15)4-8(18(19)20)5-10(13)16/h1-5H,6H2. The number of rotatable bonds is 4. The van der Waals surface area contributed by atoms with Crippen LogP contribution in [0.5, 0.6) is 11.5 Å². The van der Waals surface area contributed by atoms with Gasteiger partial charge in [0.2, 0.25) is 0 Å². The summed E-state index contributed by atoms with van der Waals surface area (Å²) in [6.45, 7) is 0. The summed E-state index contributed by atoms with van der Waals surface area (Å²) >= 11 is 15.1. The van der Waals surface area contributed by atoms with Crippen molar-refractivity contribution in [3.63, 3.8) is 0 Å². The Balaban J connectivity index is 2.48. The third-order valence-electron chi connectivity index (χ3n) is 2.59. The number of hydrogen-bond acceptors (Lipinski definition) is 3. The summed E-state index contributed by atoms with van der Waals surface area (Å²) in [4.78, 5) is 10.1. The van der Waals surface area contributed by atoms with Gasteiger partial charge in [-0.25, -0.2) is 4.39 Å². The average molecular weight is 395 g/mol. The molecule has 0 spiro atoms. The molecule has 0 bridgehead atoms. The van der Waals surface area contributed by atoms with Crippen molar-refractivity contribution in [2.45, 2.75) is 5.33 Å². The lowest BCUT2D eigenvalue weighted by molar-refractivity contribution is -0.384. The van der Waals surface area contributed by atoms with Crippen LogP contribution in [0.25, 0.3) is 0 Å². The Hall–Kier alpha value is -1.37. The van der Waals surface area contributed by atoms with Crippen molar-refractivity contribution < 1.29 is 14.1 Å². The molecule has 2 aromatic carbocycles. The van der Waals surface area contributed by atoms with E-state index in [1.165, 1.54) is 12.1 Å². The van der Waals surface area contributed by atoms with Crippen molar-refractivity contribution in [1.29, 1.82) is 0 Å². The van der Waals surface area contributed by atoms with Gasteiger partial charge in [-0.2, -0.15) is 0 Å². The number of nitro benzene ring substituents is 1. The fourth-order valence-corrected chi connectivity index (χ4v) is 2.62. The largest absolute Gasteiger partial charge is 0.451 e. The highest BCUT2D eigenvalue weighted by molar-refractivity contribution is 9.08. The first-order chi connectivity index (χ1) is 9.93. The van der Waals surface area contributed by atoms with Gasteiger partial charge in [-0.15, -0.1) is 0 Å². The van der Waals surface area contributed by atoms with E-state index >= 15 is 0 Å². The van der Waals surface area contributed by atoms with Gasteiger partial charge in [0, 0.05) is 23.0 Å².